The van der Waals surface area contributed by atoms with E-state index >= 15 is 0 Å². The first-order chi connectivity index (χ1) is 12.6. The van der Waals surface area contributed by atoms with Crippen molar-refractivity contribution in [2.45, 2.75) is 43.8 Å². The van der Waals surface area contributed by atoms with Crippen LogP contribution in [-0.4, -0.2) is 39.6 Å². The zero-order valence-electron chi connectivity index (χ0n) is 15.6. The molecule has 6 nitrogen and oxygen atoms in total. The van der Waals surface area contributed by atoms with Gasteiger partial charge in [0.2, 0.25) is 5.91 Å². The van der Waals surface area contributed by atoms with Crippen molar-refractivity contribution in [1.82, 2.24) is 20.1 Å². The molecule has 0 spiro atoms. The van der Waals surface area contributed by atoms with Crippen LogP contribution in [0.25, 0.3) is 11.4 Å². The van der Waals surface area contributed by atoms with Gasteiger partial charge in [-0.1, -0.05) is 43.7 Å². The van der Waals surface area contributed by atoms with Gasteiger partial charge in [0, 0.05) is 13.1 Å². The van der Waals surface area contributed by atoms with Crippen molar-refractivity contribution >= 4 is 17.7 Å². The molecule has 1 aromatic carbocycles. The van der Waals surface area contributed by atoms with E-state index in [1.807, 2.05) is 35.9 Å². The molecular formula is C19H26N4O2S. The molecule has 7 heteroatoms. The van der Waals surface area contributed by atoms with Crippen LogP contribution in [0, 0.1) is 5.92 Å². The van der Waals surface area contributed by atoms with Crippen molar-refractivity contribution in [1.29, 1.82) is 0 Å². The van der Waals surface area contributed by atoms with Crippen LogP contribution in [0.5, 0.6) is 5.75 Å². The number of amides is 1. The number of thioether (sulfide) groups is 1. The summed E-state index contributed by atoms with van der Waals surface area (Å²) in [6.45, 7) is 2.22. The normalized spacial score (nSPS) is 20.0. The smallest absolute Gasteiger partial charge is 0.230 e. The first kappa shape index (κ1) is 18.8. The lowest BCUT2D eigenvalue weighted by Gasteiger charge is -2.29. The standard InChI is InChI=1S/C19H26N4O2S/c1-13-8-4-6-10-15(13)20-17(24)12-26-19-22-21-18(23(19)2)14-9-5-7-11-16(14)25-3/h5,7,9,11,13,15H,4,6,8,10,12H2,1-3H3,(H,20,24)/t13-,15-/m0/s1. The molecule has 140 valence electrons. The van der Waals surface area contributed by atoms with E-state index in [0.29, 0.717) is 17.7 Å². The van der Waals surface area contributed by atoms with Gasteiger partial charge in [-0.05, 0) is 30.9 Å². The van der Waals surface area contributed by atoms with Crippen LogP contribution in [0.15, 0.2) is 29.4 Å². The summed E-state index contributed by atoms with van der Waals surface area (Å²) in [6, 6.07) is 8.02. The van der Waals surface area contributed by atoms with E-state index in [0.717, 1.165) is 28.7 Å². The van der Waals surface area contributed by atoms with Gasteiger partial charge in [0.1, 0.15) is 5.75 Å². The van der Waals surface area contributed by atoms with Gasteiger partial charge in [0.15, 0.2) is 11.0 Å². The first-order valence-corrected chi connectivity index (χ1v) is 10.0. The Kier molecular flexibility index (Phi) is 6.19. The lowest BCUT2D eigenvalue weighted by Crippen LogP contribution is -2.41. The van der Waals surface area contributed by atoms with E-state index in [9.17, 15) is 4.79 Å². The zero-order valence-corrected chi connectivity index (χ0v) is 16.4. The number of para-hydroxylation sites is 1. The number of benzene rings is 1. The largest absolute Gasteiger partial charge is 0.496 e. The van der Waals surface area contributed by atoms with Crippen molar-refractivity contribution in [3.05, 3.63) is 24.3 Å². The highest BCUT2D eigenvalue weighted by Gasteiger charge is 2.23. The van der Waals surface area contributed by atoms with Crippen molar-refractivity contribution in [2.75, 3.05) is 12.9 Å². The number of aromatic nitrogens is 3. The zero-order chi connectivity index (χ0) is 18.5. The number of carbonyl (C=O) groups excluding carboxylic acids is 1. The second kappa shape index (κ2) is 8.58. The third kappa shape index (κ3) is 4.20. The van der Waals surface area contributed by atoms with Crippen molar-refractivity contribution in [3.63, 3.8) is 0 Å². The molecule has 1 aliphatic carbocycles. The number of nitrogens with one attached hydrogen (secondary N) is 1. The summed E-state index contributed by atoms with van der Waals surface area (Å²) in [5, 5.41) is 12.4. The van der Waals surface area contributed by atoms with Gasteiger partial charge in [-0.3, -0.25) is 4.79 Å². The molecule has 1 amide bonds. The molecule has 0 aliphatic heterocycles. The predicted octanol–water partition coefficient (Wildman–Crippen LogP) is 3.28. The molecular weight excluding hydrogens is 348 g/mol. The third-order valence-corrected chi connectivity index (χ3v) is 5.99. The Balaban J connectivity index is 1.62. The summed E-state index contributed by atoms with van der Waals surface area (Å²) in [5.41, 5.74) is 0.886. The van der Waals surface area contributed by atoms with Gasteiger partial charge < -0.3 is 14.6 Å². The summed E-state index contributed by atoms with van der Waals surface area (Å²) in [7, 11) is 3.55. The Bertz CT molecular complexity index is 762. The van der Waals surface area contributed by atoms with Gasteiger partial charge >= 0.3 is 0 Å². The summed E-state index contributed by atoms with van der Waals surface area (Å²) >= 11 is 1.41. The topological polar surface area (TPSA) is 69.0 Å². The molecule has 1 fully saturated rings. The maximum Gasteiger partial charge on any atom is 0.230 e. The van der Waals surface area contributed by atoms with E-state index in [-0.39, 0.29) is 5.91 Å². The van der Waals surface area contributed by atoms with E-state index in [1.165, 1.54) is 31.0 Å². The van der Waals surface area contributed by atoms with E-state index in [2.05, 4.69) is 22.4 Å². The Morgan fingerprint density at radius 1 is 1.31 bits per heavy atom. The predicted molar refractivity (Wildman–Crippen MR) is 103 cm³/mol. The van der Waals surface area contributed by atoms with Crippen molar-refractivity contribution in [2.24, 2.45) is 13.0 Å². The van der Waals surface area contributed by atoms with Crippen LogP contribution >= 0.6 is 11.8 Å². The highest BCUT2D eigenvalue weighted by atomic mass is 32.2. The average Bonchev–Trinajstić information content (AvgIpc) is 3.02. The van der Waals surface area contributed by atoms with Crippen LogP contribution in [-0.2, 0) is 11.8 Å². The SMILES string of the molecule is COc1ccccc1-c1nnc(SCC(=O)N[C@H]2CCCC[C@@H]2C)n1C. The minimum absolute atomic E-state index is 0.0654. The molecule has 0 unspecified atom stereocenters. The first-order valence-electron chi connectivity index (χ1n) is 9.05. The number of nitrogens with zero attached hydrogens (tertiary/aromatic N) is 3. The summed E-state index contributed by atoms with van der Waals surface area (Å²) in [4.78, 5) is 12.3. The molecule has 0 bridgehead atoms. The minimum atomic E-state index is 0.0654. The summed E-state index contributed by atoms with van der Waals surface area (Å²) in [5.74, 6) is 2.45. The van der Waals surface area contributed by atoms with Crippen LogP contribution in [0.4, 0.5) is 0 Å². The van der Waals surface area contributed by atoms with E-state index in [1.54, 1.807) is 7.11 Å². The summed E-state index contributed by atoms with van der Waals surface area (Å²) < 4.78 is 7.31. The monoisotopic (exact) mass is 374 g/mol. The Morgan fingerprint density at radius 2 is 2.08 bits per heavy atom. The van der Waals surface area contributed by atoms with E-state index < -0.39 is 0 Å². The fourth-order valence-electron chi connectivity index (χ4n) is 3.41. The van der Waals surface area contributed by atoms with Crippen molar-refractivity contribution < 1.29 is 9.53 Å². The molecule has 1 aliphatic rings. The molecule has 3 rings (SSSR count). The molecule has 2 aromatic rings. The Hall–Kier alpha value is -2.02. The number of methoxy groups -OCH3 is 1. The van der Waals surface area contributed by atoms with Crippen molar-refractivity contribution in [3.8, 4) is 17.1 Å². The van der Waals surface area contributed by atoms with E-state index in [4.69, 9.17) is 4.74 Å². The molecule has 2 atom stereocenters. The Morgan fingerprint density at radius 3 is 2.85 bits per heavy atom. The number of carbonyl (C=O) groups is 1. The lowest BCUT2D eigenvalue weighted by atomic mass is 9.86. The van der Waals surface area contributed by atoms with Crippen LogP contribution < -0.4 is 10.1 Å². The molecule has 1 heterocycles. The minimum Gasteiger partial charge on any atom is -0.496 e. The molecule has 1 aromatic heterocycles. The second-order valence-electron chi connectivity index (χ2n) is 6.79. The molecule has 0 radical (unpaired) electrons. The van der Waals surface area contributed by atoms with Gasteiger partial charge in [-0.2, -0.15) is 0 Å². The van der Waals surface area contributed by atoms with Gasteiger partial charge in [-0.25, -0.2) is 0 Å². The third-order valence-electron chi connectivity index (χ3n) is 4.97. The highest BCUT2D eigenvalue weighted by Crippen LogP contribution is 2.30. The Labute approximate surface area is 158 Å². The lowest BCUT2D eigenvalue weighted by molar-refractivity contribution is -0.119. The maximum atomic E-state index is 12.3. The van der Waals surface area contributed by atoms with Gasteiger partial charge in [0.05, 0.1) is 18.4 Å². The summed E-state index contributed by atoms with van der Waals surface area (Å²) in [6.07, 6.45) is 4.75. The molecule has 1 saturated carbocycles. The molecule has 0 saturated heterocycles. The highest BCUT2D eigenvalue weighted by molar-refractivity contribution is 7.99. The van der Waals surface area contributed by atoms with Crippen LogP contribution in [0.2, 0.25) is 0 Å². The average molecular weight is 375 g/mol. The number of hydrogen-bond acceptors (Lipinski definition) is 5. The second-order valence-corrected chi connectivity index (χ2v) is 7.73. The molecule has 1 N–H and O–H groups in total. The van der Waals surface area contributed by atoms with Crippen LogP contribution in [0.1, 0.15) is 32.6 Å². The number of hydrogen-bond donors (Lipinski definition) is 1. The fourth-order valence-corrected chi connectivity index (χ4v) is 4.14. The van der Waals surface area contributed by atoms with Gasteiger partial charge in [-0.15, -0.1) is 10.2 Å². The maximum absolute atomic E-state index is 12.3. The number of ether oxygens (including phenoxy) is 1. The fraction of sp³-hybridized carbons (Fsp3) is 0.526. The quantitative estimate of drug-likeness (QED) is 0.786. The van der Waals surface area contributed by atoms with Crippen LogP contribution in [0.3, 0.4) is 0 Å². The molecule has 26 heavy (non-hydrogen) atoms. The van der Waals surface area contributed by atoms with Gasteiger partial charge in [0.25, 0.3) is 0 Å². The number of rotatable bonds is 6.